The molecule has 318 valence electrons. The summed E-state index contributed by atoms with van der Waals surface area (Å²) in [5.74, 6) is -1.34. The predicted molar refractivity (Wildman–Crippen MR) is 221 cm³/mol. The topological polar surface area (TPSA) is 115 Å². The molecule has 1 saturated carbocycles. The van der Waals surface area contributed by atoms with Crippen molar-refractivity contribution < 1.29 is 109 Å². The van der Waals surface area contributed by atoms with Crippen LogP contribution in [0.15, 0.2) is 36.4 Å². The summed E-state index contributed by atoms with van der Waals surface area (Å²) < 4.78 is 99.9. The SMILES string of the molecule is C1CCOC1.CCOCC.C[Si](C)(C)[N-][Si](C)(C)C.ClC[C@H]1CO1.FB(F)F.N#CCc1cc(F)ccc1F.NC[C@@]1(c2cc(F)ccc2F)C[C@H]1CO.[BH4-].[Na+].[Na+]. The third kappa shape index (κ3) is 36.4. The van der Waals surface area contributed by atoms with Gasteiger partial charge in [0, 0.05) is 50.6 Å². The number of halogens is 8. The molecular weight excluding hydrogens is 831 g/mol. The van der Waals surface area contributed by atoms with Gasteiger partial charge in [-0.15, -0.1) is 11.6 Å². The largest absolute Gasteiger partial charge is 1.00 e. The molecule has 0 bridgehead atoms. The van der Waals surface area contributed by atoms with Gasteiger partial charge in [-0.2, -0.15) is 5.26 Å². The van der Waals surface area contributed by atoms with Crippen LogP contribution in [0.5, 0.6) is 0 Å². The number of hydrogen-bond acceptors (Lipinski definition) is 6. The van der Waals surface area contributed by atoms with Crippen LogP contribution in [0.4, 0.5) is 30.5 Å². The minimum Gasteiger partial charge on any atom is -0.668 e. The number of ether oxygens (including phenoxy) is 3. The molecule has 1 aliphatic carbocycles. The Bertz CT molecular complexity index is 1310. The summed E-state index contributed by atoms with van der Waals surface area (Å²) in [4.78, 5) is 0. The Morgan fingerprint density at radius 3 is 1.65 bits per heavy atom. The number of nitrogens with two attached hydrogens (primary N) is 1. The summed E-state index contributed by atoms with van der Waals surface area (Å²) in [6, 6.07) is 8.18. The zero-order chi connectivity index (χ0) is 42.0. The third-order valence-electron chi connectivity index (χ3n) is 7.04. The molecule has 57 heavy (non-hydrogen) atoms. The van der Waals surface area contributed by atoms with Crippen LogP contribution in [-0.2, 0) is 26.0 Å². The number of rotatable bonds is 9. The first-order chi connectivity index (χ1) is 25.2. The van der Waals surface area contributed by atoms with Gasteiger partial charge in [-0.3, -0.25) is 12.9 Å². The van der Waals surface area contributed by atoms with E-state index in [-0.39, 0.29) is 98.6 Å². The van der Waals surface area contributed by atoms with Crippen LogP contribution in [0.25, 0.3) is 4.65 Å². The Morgan fingerprint density at radius 2 is 1.39 bits per heavy atom. The quantitative estimate of drug-likeness (QED) is 0.173. The normalized spacial score (nSPS) is 18.0. The molecule has 5 rings (SSSR count). The van der Waals surface area contributed by atoms with Crippen LogP contribution in [0.3, 0.4) is 0 Å². The van der Waals surface area contributed by atoms with E-state index in [1.54, 1.807) is 6.07 Å². The van der Waals surface area contributed by atoms with Crippen LogP contribution in [0, 0.1) is 40.5 Å². The Kier molecular flexibility index (Phi) is 42.6. The number of hydrogen-bond donors (Lipinski definition) is 2. The standard InChI is InChI=1S/C11H13F2NO.C8H5F2N.C6H18NSi2.C4H8O.C4H10O.C3H5ClO.BF3.BH4.2Na/c12-8-1-2-10(13)9(3-8)11(6-14)4-7(11)5-15;9-7-1-2-8(10)6(5-7)3-4-11;1-8(2,3)7-9(4,5)6;1-2-4-5-3-1;1-3-5-4-2;4-1-3-2-5-3;2-1(3)4;;;/h1-3,7,15H,4-6,14H2;1-2,5H,3H2;1-6H3;1-4H2;3-4H2,1-2H3;3H,1-2H2;;1H4;;/q;;-1;;;;;-1;2*+1/t7-,11-;;;;;3-;;;;/m0....0..../s1. The third-order valence-corrected chi connectivity index (χ3v) is 12.8. The van der Waals surface area contributed by atoms with Gasteiger partial charge in [-0.1, -0.05) is 64.2 Å². The van der Waals surface area contributed by atoms with Crippen molar-refractivity contribution in [2.75, 3.05) is 52.1 Å². The number of aliphatic hydroxyl groups excluding tert-OH is 1. The summed E-state index contributed by atoms with van der Waals surface area (Å²) in [6.45, 7) is 22.5. The maximum atomic E-state index is 13.5. The number of alkyl halides is 1. The van der Waals surface area contributed by atoms with Crippen molar-refractivity contribution in [2.24, 2.45) is 11.7 Å². The Labute approximate surface area is 390 Å². The van der Waals surface area contributed by atoms with E-state index in [4.69, 9.17) is 46.6 Å². The van der Waals surface area contributed by atoms with Crippen molar-refractivity contribution in [3.63, 3.8) is 0 Å². The van der Waals surface area contributed by atoms with Crippen molar-refractivity contribution in [1.82, 2.24) is 0 Å². The minimum atomic E-state index is -3.67. The molecule has 3 atom stereocenters. The van der Waals surface area contributed by atoms with Crippen LogP contribution < -0.4 is 64.8 Å². The minimum absolute atomic E-state index is 0. The van der Waals surface area contributed by atoms with Crippen LogP contribution in [0.2, 0.25) is 39.3 Å². The molecule has 21 heteroatoms. The first-order valence-corrected chi connectivity index (χ1v) is 25.2. The molecule has 2 aliphatic heterocycles. The van der Waals surface area contributed by atoms with Gasteiger partial charge in [0.1, 0.15) is 23.3 Å². The zero-order valence-corrected chi connectivity index (χ0v) is 41.6. The second kappa shape index (κ2) is 36.7. The molecule has 0 unspecified atom stereocenters. The van der Waals surface area contributed by atoms with E-state index < -0.39 is 52.7 Å². The Hall–Kier alpha value is 0.0536. The molecular formula is C36H63B2ClF7N3Na2O4Si2. The first-order valence-electron chi connectivity index (χ1n) is 17.7. The van der Waals surface area contributed by atoms with Crippen LogP contribution in [-0.4, -0.2) is 95.7 Å². The molecule has 7 nitrogen and oxygen atoms in total. The van der Waals surface area contributed by atoms with Crippen molar-refractivity contribution in [1.29, 1.82) is 5.26 Å². The summed E-state index contributed by atoms with van der Waals surface area (Å²) in [5.41, 5.74) is 5.43. The maximum Gasteiger partial charge on any atom is 1.00 e. The Balaban J connectivity index is -0.000000193. The fourth-order valence-electron chi connectivity index (χ4n) is 4.83. The second-order valence-electron chi connectivity index (χ2n) is 14.1. The average Bonchev–Trinajstić information content (AvgIpc) is 3.98. The monoisotopic (exact) mass is 893 g/mol. The summed E-state index contributed by atoms with van der Waals surface area (Å²) >= 11 is 5.27. The van der Waals surface area contributed by atoms with Gasteiger partial charge in [0.25, 0.3) is 0 Å². The second-order valence-corrected chi connectivity index (χ2v) is 23.9. The van der Waals surface area contributed by atoms with Gasteiger partial charge < -0.3 is 29.7 Å². The molecule has 3 aliphatic rings. The van der Waals surface area contributed by atoms with Crippen molar-refractivity contribution in [3.05, 3.63) is 75.4 Å². The van der Waals surface area contributed by atoms with Gasteiger partial charge in [-0.25, -0.2) is 17.6 Å². The van der Waals surface area contributed by atoms with Gasteiger partial charge in [0.2, 0.25) is 0 Å². The van der Waals surface area contributed by atoms with E-state index in [0.29, 0.717) is 24.0 Å². The molecule has 0 aromatic heterocycles. The van der Waals surface area contributed by atoms with Crippen molar-refractivity contribution in [2.45, 2.75) is 90.3 Å². The molecule has 2 heterocycles. The molecule has 2 aromatic rings. The van der Waals surface area contributed by atoms with E-state index in [1.165, 1.54) is 18.9 Å². The zero-order valence-electron chi connectivity index (χ0n) is 34.8. The number of epoxide rings is 1. The molecule has 0 amide bonds. The van der Waals surface area contributed by atoms with Gasteiger partial charge in [0.15, 0.2) is 0 Å². The van der Waals surface area contributed by atoms with E-state index in [1.807, 2.05) is 13.8 Å². The van der Waals surface area contributed by atoms with E-state index in [0.717, 1.165) is 63.4 Å². The summed E-state index contributed by atoms with van der Waals surface area (Å²) in [7, 11) is -5.88. The molecule has 0 spiro atoms. The summed E-state index contributed by atoms with van der Waals surface area (Å²) in [6.07, 6.45) is 3.49. The molecule has 2 saturated heterocycles. The predicted octanol–water partition coefficient (Wildman–Crippen LogP) is 2.13. The van der Waals surface area contributed by atoms with Crippen LogP contribution >= 0.6 is 11.6 Å². The fraction of sp³-hybridized carbons (Fsp3) is 0.639. The average molecular weight is 894 g/mol. The number of nitrogens with zero attached hydrogens (tertiary/aromatic N) is 2. The molecule has 3 N–H and O–H groups in total. The Morgan fingerprint density at radius 1 is 0.930 bits per heavy atom. The van der Waals surface area contributed by atoms with Crippen molar-refractivity contribution >= 4 is 44.0 Å². The number of aliphatic hydroxyl groups is 1. The van der Waals surface area contributed by atoms with Gasteiger partial charge in [-0.05, 0) is 81.0 Å². The fourth-order valence-corrected chi connectivity index (χ4v) is 13.1. The van der Waals surface area contributed by atoms with E-state index in [2.05, 4.69) is 39.3 Å². The van der Waals surface area contributed by atoms with Crippen LogP contribution in [0.1, 0.15) is 44.2 Å². The van der Waals surface area contributed by atoms with E-state index in [9.17, 15) is 30.5 Å². The van der Waals surface area contributed by atoms with Crippen molar-refractivity contribution in [3.8, 4) is 6.07 Å². The number of benzene rings is 2. The van der Waals surface area contributed by atoms with E-state index >= 15 is 0 Å². The first kappa shape index (κ1) is 66.2. The maximum absolute atomic E-state index is 13.5. The molecule has 3 fully saturated rings. The van der Waals surface area contributed by atoms with Gasteiger partial charge >= 0.3 is 66.7 Å². The molecule has 2 aromatic carbocycles. The summed E-state index contributed by atoms with van der Waals surface area (Å²) in [5, 5.41) is 17.2. The smallest absolute Gasteiger partial charge is 0.668 e. The van der Waals surface area contributed by atoms with Gasteiger partial charge in [0.05, 0.1) is 31.1 Å². The molecule has 0 radical (unpaired) electrons. The number of nitriles is 1.